The third kappa shape index (κ3) is 5.19. The van der Waals surface area contributed by atoms with E-state index in [4.69, 9.17) is 5.73 Å². The first-order chi connectivity index (χ1) is 20.5. The van der Waals surface area contributed by atoms with Crippen molar-refractivity contribution in [1.82, 2.24) is 5.32 Å². The molecule has 244 valence electrons. The molecule has 8 rings (SSSR count). The van der Waals surface area contributed by atoms with Gasteiger partial charge in [0.05, 0.1) is 0 Å². The maximum absolute atomic E-state index is 11.4. The maximum Gasteiger partial charge on any atom is 0.217 e. The van der Waals surface area contributed by atoms with Crippen LogP contribution >= 0.6 is 0 Å². The Kier molecular flexibility index (Phi) is 8.16. The summed E-state index contributed by atoms with van der Waals surface area (Å²) in [4.78, 5) is 11.4. The highest BCUT2D eigenvalue weighted by Gasteiger charge is 2.59. The van der Waals surface area contributed by atoms with Gasteiger partial charge in [-0.05, 0) is 185 Å². The van der Waals surface area contributed by atoms with Crippen LogP contribution in [-0.2, 0) is 4.79 Å². The lowest BCUT2D eigenvalue weighted by Crippen LogP contribution is -2.54. The number of hydrogen-bond donors (Lipinski definition) is 2. The lowest BCUT2D eigenvalue weighted by Gasteiger charge is -2.60. The Morgan fingerprint density at radius 3 is 1.63 bits per heavy atom. The summed E-state index contributed by atoms with van der Waals surface area (Å²) >= 11 is 0. The third-order valence-electron chi connectivity index (χ3n) is 17.3. The normalized spacial score (nSPS) is 55.2. The fraction of sp³-hybridized carbons (Fsp3) is 0.975. The van der Waals surface area contributed by atoms with Crippen LogP contribution in [0.4, 0.5) is 0 Å². The molecular formula is C40H68N2O. The van der Waals surface area contributed by atoms with Gasteiger partial charge in [-0.25, -0.2) is 0 Å². The largest absolute Gasteiger partial charge is 0.354 e. The van der Waals surface area contributed by atoms with Crippen LogP contribution in [0.25, 0.3) is 0 Å². The first kappa shape index (κ1) is 31.1. The van der Waals surface area contributed by atoms with Crippen LogP contribution in [-0.4, -0.2) is 18.0 Å². The van der Waals surface area contributed by atoms with Crippen LogP contribution in [0.2, 0.25) is 0 Å². The summed E-state index contributed by atoms with van der Waals surface area (Å²) in [5.41, 5.74) is 8.87. The van der Waals surface area contributed by atoms with Crippen LogP contribution in [0.1, 0.15) is 163 Å². The van der Waals surface area contributed by atoms with E-state index in [9.17, 15) is 4.79 Å². The molecule has 43 heavy (non-hydrogen) atoms. The molecule has 0 aromatic heterocycles. The molecule has 8 saturated carbocycles. The number of rotatable bonds is 1. The van der Waals surface area contributed by atoms with Crippen LogP contribution in [0, 0.1) is 69.0 Å². The average Bonchev–Trinajstić information content (AvgIpc) is 3.56. The minimum Gasteiger partial charge on any atom is -0.354 e. The minimum absolute atomic E-state index is 0.159. The van der Waals surface area contributed by atoms with Crippen molar-refractivity contribution >= 4 is 5.91 Å². The number of fused-ring (bicyclic) bond motifs is 10. The lowest BCUT2D eigenvalue weighted by atomic mass is 9.45. The molecule has 3 heteroatoms. The number of carbonyl (C=O) groups is 1. The van der Waals surface area contributed by atoms with Gasteiger partial charge in [0.1, 0.15) is 0 Å². The van der Waals surface area contributed by atoms with Gasteiger partial charge in [-0.1, -0.05) is 40.5 Å². The van der Waals surface area contributed by atoms with Crippen molar-refractivity contribution in [2.75, 3.05) is 0 Å². The van der Waals surface area contributed by atoms with E-state index in [0.717, 1.165) is 52.8 Å². The van der Waals surface area contributed by atoms with Gasteiger partial charge in [0.25, 0.3) is 0 Å². The Labute approximate surface area is 265 Å². The Bertz CT molecular complexity index is 1040. The fourth-order valence-electron chi connectivity index (χ4n) is 15.0. The van der Waals surface area contributed by atoms with E-state index in [1.54, 1.807) is 6.92 Å². The highest BCUT2D eigenvalue weighted by atomic mass is 16.1. The summed E-state index contributed by atoms with van der Waals surface area (Å²) in [7, 11) is 0. The van der Waals surface area contributed by atoms with E-state index in [-0.39, 0.29) is 5.91 Å². The van der Waals surface area contributed by atoms with Gasteiger partial charge in [-0.3, -0.25) is 4.79 Å². The summed E-state index contributed by atoms with van der Waals surface area (Å²) in [5, 5.41) is 3.21. The van der Waals surface area contributed by atoms with Gasteiger partial charge in [0.15, 0.2) is 0 Å². The predicted octanol–water partition coefficient (Wildman–Crippen LogP) is 9.67. The van der Waals surface area contributed by atoms with Crippen LogP contribution in [0.5, 0.6) is 0 Å². The molecule has 0 bridgehead atoms. The monoisotopic (exact) mass is 593 g/mol. The van der Waals surface area contributed by atoms with Crippen molar-refractivity contribution in [3.8, 4) is 0 Å². The highest BCUT2D eigenvalue weighted by Crippen LogP contribution is 2.67. The number of nitrogens with two attached hydrogens (primary N) is 1. The van der Waals surface area contributed by atoms with Gasteiger partial charge >= 0.3 is 0 Å². The molecule has 8 aliphatic carbocycles. The second-order valence-electron chi connectivity index (χ2n) is 19.2. The Morgan fingerprint density at radius 1 is 0.581 bits per heavy atom. The lowest BCUT2D eigenvalue weighted by molar-refractivity contribution is -0.124. The number of nitrogens with one attached hydrogen (secondary N) is 1. The first-order valence-corrected chi connectivity index (χ1v) is 19.5. The first-order valence-electron chi connectivity index (χ1n) is 19.5. The molecule has 8 fully saturated rings. The standard InChI is InChI=1S/C21H35NO.C19H33N/c1-14(23)22-16-8-12-21(3)15(13-16)6-7-17-18-5-4-10-20(18,2)11-9-19(17)21;1-18-9-3-4-16(18)15-6-5-13-12-14(20)7-11-19(13,2)17(15)8-10-18/h15-19H,4-13H2,1-3H3,(H,22,23);13-17H,3-12,20H2,1-2H3/t15-,16+,17-,18-,19-,20-,21-;13-,14+,15-,16-,17-,18-,19-/m00/s1. The average molecular weight is 593 g/mol. The third-order valence-corrected chi connectivity index (χ3v) is 17.3. The van der Waals surface area contributed by atoms with E-state index in [1.165, 1.54) is 128 Å². The second kappa shape index (κ2) is 11.3. The highest BCUT2D eigenvalue weighted by molar-refractivity contribution is 5.73. The van der Waals surface area contributed by atoms with Crippen LogP contribution in [0.3, 0.4) is 0 Å². The molecule has 0 radical (unpaired) electrons. The molecular weight excluding hydrogens is 524 g/mol. The van der Waals surface area contributed by atoms with Crippen molar-refractivity contribution < 1.29 is 4.79 Å². The van der Waals surface area contributed by atoms with Crippen molar-refractivity contribution in [2.24, 2.45) is 74.7 Å². The van der Waals surface area contributed by atoms with E-state index >= 15 is 0 Å². The molecule has 3 nitrogen and oxygen atoms in total. The van der Waals surface area contributed by atoms with Crippen LogP contribution < -0.4 is 11.1 Å². The number of hydrogen-bond acceptors (Lipinski definition) is 2. The summed E-state index contributed by atoms with van der Waals surface area (Å²) in [6.45, 7) is 12.2. The fourth-order valence-corrected chi connectivity index (χ4v) is 15.0. The predicted molar refractivity (Wildman–Crippen MR) is 178 cm³/mol. The topological polar surface area (TPSA) is 55.1 Å². The SMILES string of the molecule is CC(=O)N[C@@H]1CC[C@@]2(C)[C@@H](CC[C@H]3[C@@H]4CCC[C@@]4(C)CC[C@@H]32)C1.C[C@@]12CCC[C@H]1[C@@H]1CC[C@H]3C[C@H](N)CC[C@]3(C)[C@H]1CC2. The van der Waals surface area contributed by atoms with Crippen molar-refractivity contribution in [3.63, 3.8) is 0 Å². The maximum atomic E-state index is 11.4. The van der Waals surface area contributed by atoms with Gasteiger partial charge in [-0.15, -0.1) is 0 Å². The zero-order valence-corrected chi connectivity index (χ0v) is 28.9. The van der Waals surface area contributed by atoms with Crippen LogP contribution in [0.15, 0.2) is 0 Å². The van der Waals surface area contributed by atoms with Crippen molar-refractivity contribution in [1.29, 1.82) is 0 Å². The molecule has 0 heterocycles. The molecule has 0 aromatic carbocycles. The van der Waals surface area contributed by atoms with E-state index in [0.29, 0.717) is 28.3 Å². The Morgan fingerprint density at radius 2 is 1.09 bits per heavy atom. The summed E-state index contributed by atoms with van der Waals surface area (Å²) in [5.74, 6) is 8.11. The van der Waals surface area contributed by atoms with Crippen molar-refractivity contribution in [3.05, 3.63) is 0 Å². The Balaban J connectivity index is 0.000000141. The second-order valence-corrected chi connectivity index (χ2v) is 19.2. The zero-order chi connectivity index (χ0) is 30.2. The van der Waals surface area contributed by atoms with Crippen molar-refractivity contribution in [2.45, 2.75) is 175 Å². The molecule has 0 aliphatic heterocycles. The Hall–Kier alpha value is -0.570. The molecule has 3 N–H and O–H groups in total. The minimum atomic E-state index is 0.159. The molecule has 0 saturated heterocycles. The molecule has 0 aromatic rings. The molecule has 8 aliphatic rings. The molecule has 0 unspecified atom stereocenters. The van der Waals surface area contributed by atoms with E-state index < -0.39 is 0 Å². The molecule has 14 atom stereocenters. The smallest absolute Gasteiger partial charge is 0.217 e. The van der Waals surface area contributed by atoms with Gasteiger partial charge in [-0.2, -0.15) is 0 Å². The zero-order valence-electron chi connectivity index (χ0n) is 28.9. The van der Waals surface area contributed by atoms with E-state index in [1.807, 2.05) is 0 Å². The molecule has 0 spiro atoms. The van der Waals surface area contributed by atoms with E-state index in [2.05, 4.69) is 33.0 Å². The van der Waals surface area contributed by atoms with Gasteiger partial charge < -0.3 is 11.1 Å². The summed E-state index contributed by atoms with van der Waals surface area (Å²) in [6, 6.07) is 0.951. The number of amides is 1. The summed E-state index contributed by atoms with van der Waals surface area (Å²) in [6.07, 6.45) is 28.8. The molecule has 1 amide bonds. The summed E-state index contributed by atoms with van der Waals surface area (Å²) < 4.78 is 0. The quantitative estimate of drug-likeness (QED) is 0.318. The van der Waals surface area contributed by atoms with Gasteiger partial charge in [0.2, 0.25) is 5.91 Å². The van der Waals surface area contributed by atoms with Gasteiger partial charge in [0, 0.05) is 19.0 Å². The number of carbonyl (C=O) groups excluding carboxylic acids is 1.